The van der Waals surface area contributed by atoms with Crippen LogP contribution in [0.2, 0.25) is 0 Å². The lowest BCUT2D eigenvalue weighted by atomic mass is 10.1. The Kier molecular flexibility index (Phi) is 5.35. The summed E-state index contributed by atoms with van der Waals surface area (Å²) in [6, 6.07) is 3.65. The highest BCUT2D eigenvalue weighted by molar-refractivity contribution is 5.17. The van der Waals surface area contributed by atoms with Crippen molar-refractivity contribution in [3.63, 3.8) is 0 Å². The fourth-order valence-corrected chi connectivity index (χ4v) is 1.58. The van der Waals surface area contributed by atoms with E-state index in [0.29, 0.717) is 18.5 Å². The van der Waals surface area contributed by atoms with Crippen LogP contribution in [0.25, 0.3) is 0 Å². The number of benzene rings is 1. The van der Waals surface area contributed by atoms with Crippen LogP contribution in [0, 0.1) is 11.6 Å². The largest absolute Gasteiger partial charge is 0.396 e. The highest BCUT2D eigenvalue weighted by atomic mass is 19.1. The Morgan fingerprint density at radius 1 is 1.25 bits per heavy atom. The van der Waals surface area contributed by atoms with E-state index in [1.807, 2.05) is 6.92 Å². The Hall–Kier alpha value is -1.00. The summed E-state index contributed by atoms with van der Waals surface area (Å²) in [4.78, 5) is 0. The van der Waals surface area contributed by atoms with Crippen molar-refractivity contribution in [2.45, 2.75) is 32.4 Å². The lowest BCUT2D eigenvalue weighted by Gasteiger charge is -2.15. The van der Waals surface area contributed by atoms with E-state index < -0.39 is 11.6 Å². The van der Waals surface area contributed by atoms with Crippen LogP contribution < -0.4 is 5.32 Å². The van der Waals surface area contributed by atoms with Crippen LogP contribution in [-0.2, 0) is 6.54 Å². The minimum atomic E-state index is -0.563. The summed E-state index contributed by atoms with van der Waals surface area (Å²) >= 11 is 0. The molecule has 0 aliphatic carbocycles. The molecule has 0 aliphatic rings. The van der Waals surface area contributed by atoms with Crippen molar-refractivity contribution in [3.8, 4) is 0 Å². The summed E-state index contributed by atoms with van der Waals surface area (Å²) in [5.74, 6) is -1.13. The van der Waals surface area contributed by atoms with Gasteiger partial charge in [-0.15, -0.1) is 0 Å². The average Bonchev–Trinajstić information content (AvgIpc) is 2.23. The average molecular weight is 229 g/mol. The van der Waals surface area contributed by atoms with Crippen molar-refractivity contribution >= 4 is 0 Å². The van der Waals surface area contributed by atoms with E-state index in [1.165, 1.54) is 12.1 Å². The van der Waals surface area contributed by atoms with E-state index in [1.54, 1.807) is 0 Å². The van der Waals surface area contributed by atoms with Gasteiger partial charge in [0.15, 0.2) is 0 Å². The van der Waals surface area contributed by atoms with E-state index in [2.05, 4.69) is 5.32 Å². The van der Waals surface area contributed by atoms with Crippen LogP contribution in [0.15, 0.2) is 18.2 Å². The van der Waals surface area contributed by atoms with Gasteiger partial charge in [0.2, 0.25) is 0 Å². The monoisotopic (exact) mass is 229 g/mol. The van der Waals surface area contributed by atoms with Crippen molar-refractivity contribution in [1.29, 1.82) is 0 Å². The molecule has 0 radical (unpaired) electrons. The molecule has 0 bridgehead atoms. The topological polar surface area (TPSA) is 32.3 Å². The molecule has 0 amide bonds. The predicted octanol–water partition coefficient (Wildman–Crippen LogP) is 2.22. The van der Waals surface area contributed by atoms with Crippen molar-refractivity contribution in [3.05, 3.63) is 35.4 Å². The second kappa shape index (κ2) is 6.55. The molecule has 1 aromatic rings. The van der Waals surface area contributed by atoms with Crippen molar-refractivity contribution in [1.82, 2.24) is 5.32 Å². The molecule has 0 aromatic heterocycles. The predicted molar refractivity (Wildman–Crippen MR) is 59.0 cm³/mol. The van der Waals surface area contributed by atoms with Gasteiger partial charge < -0.3 is 10.4 Å². The number of hydrogen-bond acceptors (Lipinski definition) is 2. The fourth-order valence-electron chi connectivity index (χ4n) is 1.58. The molecule has 0 saturated heterocycles. The molecule has 16 heavy (non-hydrogen) atoms. The van der Waals surface area contributed by atoms with Crippen LogP contribution in [-0.4, -0.2) is 17.8 Å². The summed E-state index contributed by atoms with van der Waals surface area (Å²) in [6.07, 6.45) is 1.52. The Morgan fingerprint density at radius 2 is 1.88 bits per heavy atom. The van der Waals surface area contributed by atoms with Gasteiger partial charge in [0, 0.05) is 25.3 Å². The lowest BCUT2D eigenvalue weighted by Crippen LogP contribution is -2.28. The standard InChI is InChI=1S/C12H17F2NO/c1-2-12(3-4-16)15-8-9-5-10(13)7-11(14)6-9/h5-7,12,15-16H,2-4,8H2,1H3. The van der Waals surface area contributed by atoms with Gasteiger partial charge in [0.25, 0.3) is 0 Å². The Morgan fingerprint density at radius 3 is 2.38 bits per heavy atom. The van der Waals surface area contributed by atoms with Gasteiger partial charge in [-0.25, -0.2) is 8.78 Å². The van der Waals surface area contributed by atoms with Crippen LogP contribution >= 0.6 is 0 Å². The zero-order chi connectivity index (χ0) is 12.0. The summed E-state index contributed by atoms with van der Waals surface area (Å²) in [5.41, 5.74) is 0.578. The Balaban J connectivity index is 2.52. The third-order valence-corrected chi connectivity index (χ3v) is 2.49. The zero-order valence-electron chi connectivity index (χ0n) is 9.34. The molecule has 4 heteroatoms. The molecule has 2 N–H and O–H groups in total. The number of aliphatic hydroxyl groups is 1. The van der Waals surface area contributed by atoms with Gasteiger partial charge in [0.05, 0.1) is 0 Å². The highest BCUT2D eigenvalue weighted by Crippen LogP contribution is 2.08. The maximum Gasteiger partial charge on any atom is 0.126 e. The van der Waals surface area contributed by atoms with Gasteiger partial charge in [-0.1, -0.05) is 6.92 Å². The third kappa shape index (κ3) is 4.24. The number of aliphatic hydroxyl groups excluding tert-OH is 1. The van der Waals surface area contributed by atoms with Gasteiger partial charge in [0.1, 0.15) is 11.6 Å². The maximum absolute atomic E-state index is 12.9. The summed E-state index contributed by atoms with van der Waals surface area (Å²) in [7, 11) is 0. The molecular formula is C12H17F2NO. The highest BCUT2D eigenvalue weighted by Gasteiger charge is 2.06. The van der Waals surface area contributed by atoms with Gasteiger partial charge in [-0.05, 0) is 30.5 Å². The minimum absolute atomic E-state index is 0.114. The van der Waals surface area contributed by atoms with Crippen molar-refractivity contribution in [2.75, 3.05) is 6.61 Å². The molecule has 1 aromatic carbocycles. The van der Waals surface area contributed by atoms with E-state index >= 15 is 0 Å². The number of halogens is 2. The molecule has 1 unspecified atom stereocenters. The van der Waals surface area contributed by atoms with Crippen LogP contribution in [0.5, 0.6) is 0 Å². The first-order valence-electron chi connectivity index (χ1n) is 5.45. The van der Waals surface area contributed by atoms with Gasteiger partial charge in [-0.2, -0.15) is 0 Å². The molecule has 1 rings (SSSR count). The van der Waals surface area contributed by atoms with E-state index in [-0.39, 0.29) is 12.6 Å². The van der Waals surface area contributed by atoms with Crippen molar-refractivity contribution in [2.24, 2.45) is 0 Å². The molecule has 0 heterocycles. The quantitative estimate of drug-likeness (QED) is 0.784. The molecule has 0 fully saturated rings. The Labute approximate surface area is 94.3 Å². The Bertz CT molecular complexity index is 311. The summed E-state index contributed by atoms with van der Waals surface area (Å²) in [5, 5.41) is 11.9. The first-order valence-corrected chi connectivity index (χ1v) is 5.45. The normalized spacial score (nSPS) is 12.8. The van der Waals surface area contributed by atoms with Crippen LogP contribution in [0.4, 0.5) is 8.78 Å². The number of hydrogen-bond donors (Lipinski definition) is 2. The maximum atomic E-state index is 12.9. The second-order valence-electron chi connectivity index (χ2n) is 3.78. The van der Waals surface area contributed by atoms with Gasteiger partial charge in [-0.3, -0.25) is 0 Å². The second-order valence-corrected chi connectivity index (χ2v) is 3.78. The SMILES string of the molecule is CCC(CCO)NCc1cc(F)cc(F)c1. The molecule has 90 valence electrons. The molecular weight excluding hydrogens is 212 g/mol. The number of rotatable bonds is 6. The zero-order valence-corrected chi connectivity index (χ0v) is 9.34. The molecule has 0 spiro atoms. The van der Waals surface area contributed by atoms with Gasteiger partial charge >= 0.3 is 0 Å². The first-order chi connectivity index (χ1) is 7.65. The van der Waals surface area contributed by atoms with Crippen LogP contribution in [0.1, 0.15) is 25.3 Å². The molecule has 0 saturated carbocycles. The van der Waals surface area contributed by atoms with E-state index in [0.717, 1.165) is 12.5 Å². The number of nitrogens with one attached hydrogen (secondary N) is 1. The van der Waals surface area contributed by atoms with Crippen molar-refractivity contribution < 1.29 is 13.9 Å². The molecule has 0 aliphatic heterocycles. The summed E-state index contributed by atoms with van der Waals surface area (Å²) in [6.45, 7) is 2.52. The first kappa shape index (κ1) is 13.1. The molecule has 1 atom stereocenters. The van der Waals surface area contributed by atoms with E-state index in [9.17, 15) is 8.78 Å². The lowest BCUT2D eigenvalue weighted by molar-refractivity contribution is 0.262. The fraction of sp³-hybridized carbons (Fsp3) is 0.500. The van der Waals surface area contributed by atoms with E-state index in [4.69, 9.17) is 5.11 Å². The smallest absolute Gasteiger partial charge is 0.126 e. The third-order valence-electron chi connectivity index (χ3n) is 2.49. The summed E-state index contributed by atoms with van der Waals surface area (Å²) < 4.78 is 25.7. The molecule has 2 nitrogen and oxygen atoms in total. The minimum Gasteiger partial charge on any atom is -0.396 e. The van der Waals surface area contributed by atoms with Crippen LogP contribution in [0.3, 0.4) is 0 Å².